The molecule has 0 radical (unpaired) electrons. The molecule has 1 fully saturated rings. The first-order chi connectivity index (χ1) is 7.83. The van der Waals surface area contributed by atoms with E-state index in [1.54, 1.807) is 0 Å². The van der Waals surface area contributed by atoms with Crippen LogP contribution in [-0.2, 0) is 4.79 Å². The molecule has 0 bridgehead atoms. The predicted octanol–water partition coefficient (Wildman–Crippen LogP) is 0.899. The van der Waals surface area contributed by atoms with Crippen molar-refractivity contribution in [3.63, 3.8) is 0 Å². The summed E-state index contributed by atoms with van der Waals surface area (Å²) in [6, 6.07) is 0.197. The average molecular weight is 257 g/mol. The van der Waals surface area contributed by atoms with Crippen LogP contribution in [0.15, 0.2) is 0 Å². The zero-order chi connectivity index (χ0) is 13.1. The third kappa shape index (κ3) is 5.46. The van der Waals surface area contributed by atoms with Crippen molar-refractivity contribution in [2.24, 2.45) is 11.1 Å². The van der Waals surface area contributed by atoms with Crippen LogP contribution in [0, 0.1) is 5.41 Å². The second kappa shape index (κ2) is 5.78. The van der Waals surface area contributed by atoms with Gasteiger partial charge < -0.3 is 11.1 Å². The number of nitrogens with two attached hydrogens (primary N) is 1. The summed E-state index contributed by atoms with van der Waals surface area (Å²) < 4.78 is 0. The maximum atomic E-state index is 11.6. The van der Waals surface area contributed by atoms with Crippen LogP contribution in [0.3, 0.4) is 0 Å². The Morgan fingerprint density at radius 2 is 2.12 bits per heavy atom. The molecule has 1 saturated carbocycles. The standard InChI is InChI=1S/C12H23N3OS/c1-9(2)14-11(16)7-15(3)8-12(4-5-12)6-10(13)17/h9H,4-8H2,1-3H3,(H2,13,17)(H,14,16). The lowest BCUT2D eigenvalue weighted by molar-refractivity contribution is -0.122. The molecule has 1 rings (SSSR count). The van der Waals surface area contributed by atoms with Crippen LogP contribution in [0.2, 0.25) is 0 Å². The highest BCUT2D eigenvalue weighted by atomic mass is 32.1. The fraction of sp³-hybridized carbons (Fsp3) is 0.833. The zero-order valence-corrected chi connectivity index (χ0v) is 11.8. The first-order valence-corrected chi connectivity index (χ1v) is 6.50. The quantitative estimate of drug-likeness (QED) is 0.665. The van der Waals surface area contributed by atoms with Gasteiger partial charge in [0.05, 0.1) is 11.5 Å². The van der Waals surface area contributed by atoms with Crippen molar-refractivity contribution in [3.8, 4) is 0 Å². The molecule has 0 heterocycles. The van der Waals surface area contributed by atoms with E-state index in [1.807, 2.05) is 20.9 Å². The summed E-state index contributed by atoms with van der Waals surface area (Å²) in [5.41, 5.74) is 5.84. The van der Waals surface area contributed by atoms with Gasteiger partial charge in [-0.15, -0.1) is 0 Å². The molecule has 4 nitrogen and oxygen atoms in total. The molecule has 1 aliphatic rings. The Hall–Kier alpha value is -0.680. The van der Waals surface area contributed by atoms with Gasteiger partial charge >= 0.3 is 0 Å². The second-order valence-corrected chi connectivity index (χ2v) is 6.06. The molecule has 0 aromatic carbocycles. The van der Waals surface area contributed by atoms with Crippen LogP contribution in [0.5, 0.6) is 0 Å². The van der Waals surface area contributed by atoms with E-state index in [2.05, 4.69) is 10.2 Å². The monoisotopic (exact) mass is 257 g/mol. The van der Waals surface area contributed by atoms with Crippen LogP contribution >= 0.6 is 12.2 Å². The van der Waals surface area contributed by atoms with Gasteiger partial charge in [-0.25, -0.2) is 0 Å². The SMILES string of the molecule is CC(C)NC(=O)CN(C)CC1(CC(N)=S)CC1. The van der Waals surface area contributed by atoms with Gasteiger partial charge in [0.1, 0.15) is 0 Å². The molecule has 0 aromatic heterocycles. The molecule has 1 aliphatic carbocycles. The van der Waals surface area contributed by atoms with Crippen molar-refractivity contribution in [1.82, 2.24) is 10.2 Å². The minimum absolute atomic E-state index is 0.0774. The number of nitrogens with zero attached hydrogens (tertiary/aromatic N) is 1. The number of likely N-dealkylation sites (N-methyl/N-ethyl adjacent to an activating group) is 1. The Morgan fingerprint density at radius 3 is 2.53 bits per heavy atom. The largest absolute Gasteiger partial charge is 0.393 e. The number of carbonyl (C=O) groups excluding carboxylic acids is 1. The van der Waals surface area contributed by atoms with Gasteiger partial charge in [0.25, 0.3) is 0 Å². The Kier molecular flexibility index (Phi) is 4.89. The van der Waals surface area contributed by atoms with Crippen LogP contribution in [0.4, 0.5) is 0 Å². The minimum atomic E-state index is 0.0774. The van der Waals surface area contributed by atoms with E-state index in [-0.39, 0.29) is 17.4 Å². The van der Waals surface area contributed by atoms with Crippen molar-refractivity contribution in [3.05, 3.63) is 0 Å². The molecular weight excluding hydrogens is 234 g/mol. The van der Waals surface area contributed by atoms with Gasteiger partial charge in [0.2, 0.25) is 5.91 Å². The van der Waals surface area contributed by atoms with E-state index in [0.29, 0.717) is 11.5 Å². The molecule has 3 N–H and O–H groups in total. The van der Waals surface area contributed by atoms with Gasteiger partial charge in [-0.2, -0.15) is 0 Å². The molecule has 0 unspecified atom stereocenters. The lowest BCUT2D eigenvalue weighted by atomic mass is 10.0. The summed E-state index contributed by atoms with van der Waals surface area (Å²) in [4.78, 5) is 14.2. The molecule has 0 saturated heterocycles. The highest BCUT2D eigenvalue weighted by Gasteiger charge is 2.43. The van der Waals surface area contributed by atoms with Gasteiger partial charge in [0.15, 0.2) is 0 Å². The van der Waals surface area contributed by atoms with E-state index < -0.39 is 0 Å². The van der Waals surface area contributed by atoms with Crippen LogP contribution in [-0.4, -0.2) is 42.0 Å². The fourth-order valence-electron chi connectivity index (χ4n) is 2.18. The molecule has 1 amide bonds. The molecule has 98 valence electrons. The molecular formula is C12H23N3OS. The lowest BCUT2D eigenvalue weighted by Crippen LogP contribution is -2.40. The molecule has 0 aromatic rings. The van der Waals surface area contributed by atoms with Crippen molar-refractivity contribution in [1.29, 1.82) is 0 Å². The Bertz CT molecular complexity index is 300. The Labute approximate surface area is 109 Å². The van der Waals surface area contributed by atoms with Crippen molar-refractivity contribution in [2.45, 2.75) is 39.2 Å². The van der Waals surface area contributed by atoms with Crippen LogP contribution < -0.4 is 11.1 Å². The number of amides is 1. The number of hydrogen-bond donors (Lipinski definition) is 2. The topological polar surface area (TPSA) is 58.4 Å². The number of hydrogen-bond acceptors (Lipinski definition) is 3. The normalized spacial score (nSPS) is 17.2. The van der Waals surface area contributed by atoms with E-state index in [1.165, 1.54) is 12.8 Å². The van der Waals surface area contributed by atoms with Crippen molar-refractivity contribution >= 4 is 23.1 Å². The molecule has 0 aliphatic heterocycles. The smallest absolute Gasteiger partial charge is 0.234 e. The van der Waals surface area contributed by atoms with Gasteiger partial charge in [-0.3, -0.25) is 9.69 Å². The van der Waals surface area contributed by atoms with Gasteiger partial charge in [-0.1, -0.05) is 12.2 Å². The average Bonchev–Trinajstić information content (AvgIpc) is 2.79. The predicted molar refractivity (Wildman–Crippen MR) is 73.8 cm³/mol. The molecule has 17 heavy (non-hydrogen) atoms. The van der Waals surface area contributed by atoms with Crippen LogP contribution in [0.1, 0.15) is 33.1 Å². The number of nitrogens with one attached hydrogen (secondary N) is 1. The number of thiocarbonyl (C=S) groups is 1. The highest BCUT2D eigenvalue weighted by molar-refractivity contribution is 7.80. The summed E-state index contributed by atoms with van der Waals surface area (Å²) >= 11 is 4.96. The zero-order valence-electron chi connectivity index (χ0n) is 11.0. The van der Waals surface area contributed by atoms with E-state index in [9.17, 15) is 4.79 Å². The second-order valence-electron chi connectivity index (χ2n) is 5.54. The molecule has 5 heteroatoms. The molecule has 0 atom stereocenters. The Balaban J connectivity index is 2.32. The van der Waals surface area contributed by atoms with Crippen molar-refractivity contribution < 1.29 is 4.79 Å². The minimum Gasteiger partial charge on any atom is -0.393 e. The lowest BCUT2D eigenvalue weighted by Gasteiger charge is -2.23. The summed E-state index contributed by atoms with van der Waals surface area (Å²) in [5, 5.41) is 2.89. The first kappa shape index (κ1) is 14.4. The van der Waals surface area contributed by atoms with Gasteiger partial charge in [-0.05, 0) is 39.2 Å². The van der Waals surface area contributed by atoms with E-state index in [4.69, 9.17) is 18.0 Å². The summed E-state index contributed by atoms with van der Waals surface area (Å²) in [6.07, 6.45) is 3.14. The van der Waals surface area contributed by atoms with E-state index >= 15 is 0 Å². The summed E-state index contributed by atoms with van der Waals surface area (Å²) in [5.74, 6) is 0.0774. The number of rotatable bonds is 7. The van der Waals surface area contributed by atoms with E-state index in [0.717, 1.165) is 13.0 Å². The maximum absolute atomic E-state index is 11.6. The highest BCUT2D eigenvalue weighted by Crippen LogP contribution is 2.49. The summed E-state index contributed by atoms with van der Waals surface area (Å²) in [7, 11) is 1.97. The third-order valence-corrected chi connectivity index (χ3v) is 3.12. The first-order valence-electron chi connectivity index (χ1n) is 6.09. The fourth-order valence-corrected chi connectivity index (χ4v) is 2.48. The maximum Gasteiger partial charge on any atom is 0.234 e. The summed E-state index contributed by atoms with van der Waals surface area (Å²) in [6.45, 7) is 5.27. The number of carbonyl (C=O) groups is 1. The molecule has 0 spiro atoms. The van der Waals surface area contributed by atoms with Gasteiger partial charge in [0, 0.05) is 19.0 Å². The van der Waals surface area contributed by atoms with Crippen LogP contribution in [0.25, 0.3) is 0 Å². The Morgan fingerprint density at radius 1 is 1.53 bits per heavy atom. The third-order valence-electron chi connectivity index (χ3n) is 2.97. The van der Waals surface area contributed by atoms with Crippen molar-refractivity contribution in [2.75, 3.05) is 20.1 Å².